The number of allylic oxidation sites excluding steroid dienone is 1. The van der Waals surface area contributed by atoms with Crippen LogP contribution >= 0.6 is 0 Å². The number of nitrogens with zero attached hydrogens (tertiary/aromatic N) is 1. The molecule has 0 aliphatic heterocycles. The van der Waals surface area contributed by atoms with E-state index < -0.39 is 29.6 Å². The Hall–Kier alpha value is -6.34. The van der Waals surface area contributed by atoms with Crippen molar-refractivity contribution in [1.29, 1.82) is 5.26 Å². The zero-order valence-corrected chi connectivity index (χ0v) is 25.1. The molecule has 10 heteroatoms. The van der Waals surface area contributed by atoms with Gasteiger partial charge in [-0.05, 0) is 87.5 Å². The van der Waals surface area contributed by atoms with Gasteiger partial charge in [-0.25, -0.2) is 0 Å². The average Bonchev–Trinajstić information content (AvgIpc) is 3.41. The van der Waals surface area contributed by atoms with Crippen molar-refractivity contribution in [1.82, 2.24) is 0 Å². The number of rotatable bonds is 9. The second kappa shape index (κ2) is 13.4. The molecule has 5 aromatic rings. The Bertz CT molecular complexity index is 2120. The van der Waals surface area contributed by atoms with Crippen molar-refractivity contribution in [2.24, 2.45) is 0 Å². The predicted molar refractivity (Wildman–Crippen MR) is 170 cm³/mol. The van der Waals surface area contributed by atoms with Crippen LogP contribution in [-0.2, 0) is 5.41 Å². The van der Waals surface area contributed by atoms with Crippen LogP contribution < -0.4 is 9.47 Å². The highest BCUT2D eigenvalue weighted by Gasteiger charge is 2.46. The molecule has 49 heavy (non-hydrogen) atoms. The molecule has 4 nitrogen and oxygen atoms in total. The molecule has 0 saturated carbocycles. The molecule has 0 fully saturated rings. The summed E-state index contributed by atoms with van der Waals surface area (Å²) in [7, 11) is 0. The van der Waals surface area contributed by atoms with E-state index in [0.29, 0.717) is 33.4 Å². The van der Waals surface area contributed by atoms with Gasteiger partial charge in [0, 0.05) is 5.56 Å². The van der Waals surface area contributed by atoms with Gasteiger partial charge in [0.15, 0.2) is 5.78 Å². The van der Waals surface area contributed by atoms with Gasteiger partial charge >= 0.3 is 24.2 Å². The zero-order valence-electron chi connectivity index (χ0n) is 25.1. The minimum absolute atomic E-state index is 0.202. The summed E-state index contributed by atoms with van der Waals surface area (Å²) < 4.78 is 87.5. The van der Waals surface area contributed by atoms with E-state index in [1.807, 2.05) is 36.4 Å². The van der Waals surface area contributed by atoms with Crippen LogP contribution in [0.3, 0.4) is 0 Å². The summed E-state index contributed by atoms with van der Waals surface area (Å²) in [6.07, 6.45) is -2.21. The van der Waals surface area contributed by atoms with Crippen LogP contribution in [0.4, 0.5) is 26.3 Å². The fourth-order valence-corrected chi connectivity index (χ4v) is 5.99. The first-order valence-electron chi connectivity index (χ1n) is 14.6. The molecule has 0 bridgehead atoms. The molecule has 0 N–H and O–H groups in total. The third-order valence-corrected chi connectivity index (χ3v) is 8.08. The fourth-order valence-electron chi connectivity index (χ4n) is 5.99. The maximum Gasteiger partial charge on any atom is 0.344 e. The van der Waals surface area contributed by atoms with E-state index in [4.69, 9.17) is 5.26 Å². The number of hydrogen-bond acceptors (Lipinski definition) is 4. The minimum atomic E-state index is -2.62. The third-order valence-electron chi connectivity index (χ3n) is 8.08. The van der Waals surface area contributed by atoms with E-state index in [-0.39, 0.29) is 17.3 Å². The molecule has 0 spiro atoms. The monoisotopic (exact) mass is 665 g/mol. The fraction of sp³-hybridized carbons (Fsp3) is 0.0256. The Balaban J connectivity index is 1.52. The van der Waals surface area contributed by atoms with E-state index in [0.717, 1.165) is 16.7 Å². The Morgan fingerprint density at radius 1 is 0.633 bits per heavy atom. The van der Waals surface area contributed by atoms with Crippen LogP contribution in [0.5, 0.6) is 11.5 Å². The third kappa shape index (κ3) is 6.22. The number of halogens is 6. The van der Waals surface area contributed by atoms with Crippen LogP contribution in [0.2, 0.25) is 0 Å². The van der Waals surface area contributed by atoms with E-state index in [2.05, 4.69) is 9.47 Å². The van der Waals surface area contributed by atoms with E-state index in [9.17, 15) is 31.1 Å². The topological polar surface area (TPSA) is 59.3 Å². The Labute approximate surface area is 276 Å². The maximum atomic E-state index is 13.6. The van der Waals surface area contributed by atoms with Crippen molar-refractivity contribution < 1.29 is 40.6 Å². The smallest absolute Gasteiger partial charge is 0.344 e. The van der Waals surface area contributed by atoms with Crippen LogP contribution in [-0.4, -0.2) is 5.78 Å². The number of ketones is 1. The van der Waals surface area contributed by atoms with Gasteiger partial charge in [0.25, 0.3) is 0 Å². The lowest BCUT2D eigenvalue weighted by Crippen LogP contribution is -2.28. The molecular weight excluding hydrogens is 644 g/mol. The molecule has 5 aromatic carbocycles. The summed E-state index contributed by atoms with van der Waals surface area (Å²) >= 11 is 0. The first kappa shape index (κ1) is 32.6. The molecule has 1 aliphatic rings. The number of fused-ring (bicyclic) bond motifs is 3. The first-order valence-corrected chi connectivity index (χ1v) is 14.6. The Morgan fingerprint density at radius 2 is 1.16 bits per heavy atom. The summed E-state index contributed by atoms with van der Waals surface area (Å²) in [5.41, 5.74) is 4.42. The normalized spacial score (nSPS) is 12.4. The van der Waals surface area contributed by atoms with Gasteiger partial charge in [0.2, 0.25) is 0 Å². The number of benzene rings is 5. The van der Waals surface area contributed by atoms with E-state index >= 15 is 0 Å². The molecule has 0 aromatic heterocycles. The van der Waals surface area contributed by atoms with Crippen LogP contribution in [0.15, 0.2) is 146 Å². The average molecular weight is 666 g/mol. The lowest BCUT2D eigenvalue weighted by molar-refractivity contribution is 0.104. The highest BCUT2D eigenvalue weighted by Crippen LogP contribution is 2.56. The van der Waals surface area contributed by atoms with Gasteiger partial charge in [0.1, 0.15) is 11.5 Å². The molecule has 1 aliphatic carbocycles. The lowest BCUT2D eigenvalue weighted by atomic mass is 9.67. The van der Waals surface area contributed by atoms with Gasteiger partial charge in [0.05, 0.1) is 17.0 Å². The second-order valence-electron chi connectivity index (χ2n) is 10.8. The molecule has 0 saturated heterocycles. The van der Waals surface area contributed by atoms with Gasteiger partial charge in [-0.1, -0.05) is 78.9 Å². The molecule has 0 amide bonds. The lowest BCUT2D eigenvalue weighted by Gasteiger charge is -2.34. The van der Waals surface area contributed by atoms with Crippen molar-refractivity contribution in [3.05, 3.63) is 184 Å². The molecule has 0 unspecified atom stereocenters. The predicted octanol–water partition coefficient (Wildman–Crippen LogP) is 10.6. The quantitative estimate of drug-likeness (QED) is 0.0668. The molecule has 0 heterocycles. The SMILES string of the molecule is N#Cc1ccc(C=CC(=O)c2ccc3c(c2)C(c2ccc(OC(F)=C(F)F)cc2)(c2ccc(OC(F)=C(F)F)cc2)c2ccccc2-3)cc1. The Kier molecular flexibility index (Phi) is 8.92. The van der Waals surface area contributed by atoms with Gasteiger partial charge in [-0.15, -0.1) is 0 Å². The van der Waals surface area contributed by atoms with Crippen molar-refractivity contribution >= 4 is 11.9 Å². The van der Waals surface area contributed by atoms with Crippen molar-refractivity contribution in [2.45, 2.75) is 5.41 Å². The zero-order chi connectivity index (χ0) is 34.7. The van der Waals surface area contributed by atoms with Crippen LogP contribution in [0.1, 0.15) is 43.7 Å². The Morgan fingerprint density at radius 3 is 1.69 bits per heavy atom. The number of nitriles is 1. The van der Waals surface area contributed by atoms with Crippen molar-refractivity contribution in [3.63, 3.8) is 0 Å². The number of ether oxygens (including phenoxy) is 2. The molecule has 0 atom stereocenters. The summed E-state index contributed by atoms with van der Waals surface area (Å²) in [5, 5.41) is 9.06. The van der Waals surface area contributed by atoms with E-state index in [1.54, 1.807) is 66.7 Å². The highest BCUT2D eigenvalue weighted by molar-refractivity contribution is 6.07. The van der Waals surface area contributed by atoms with Crippen molar-refractivity contribution in [2.75, 3.05) is 0 Å². The number of carbonyl (C=O) groups excluding carboxylic acids is 1. The summed E-state index contributed by atoms with van der Waals surface area (Å²) in [6.45, 7) is 0. The van der Waals surface area contributed by atoms with Crippen LogP contribution in [0, 0.1) is 11.3 Å². The maximum absolute atomic E-state index is 13.6. The highest BCUT2D eigenvalue weighted by atomic mass is 19.3. The number of carbonyl (C=O) groups is 1. The van der Waals surface area contributed by atoms with Crippen LogP contribution in [0.25, 0.3) is 17.2 Å². The first-order chi connectivity index (χ1) is 23.6. The molecule has 6 rings (SSSR count). The molecule has 242 valence electrons. The van der Waals surface area contributed by atoms with E-state index in [1.165, 1.54) is 30.3 Å². The summed E-state index contributed by atoms with van der Waals surface area (Å²) in [5.74, 6) is -0.728. The number of hydrogen-bond donors (Lipinski definition) is 0. The molecular formula is C39H21F6NO3. The largest absolute Gasteiger partial charge is 0.428 e. The van der Waals surface area contributed by atoms with Gasteiger partial charge in [-0.2, -0.15) is 31.6 Å². The molecule has 0 radical (unpaired) electrons. The second-order valence-corrected chi connectivity index (χ2v) is 10.8. The summed E-state index contributed by atoms with van der Waals surface area (Å²) in [4.78, 5) is 13.5. The summed E-state index contributed by atoms with van der Waals surface area (Å²) in [6, 6.07) is 28.8. The minimum Gasteiger partial charge on any atom is -0.428 e. The van der Waals surface area contributed by atoms with Gasteiger partial charge in [-0.3, -0.25) is 4.79 Å². The van der Waals surface area contributed by atoms with Crippen molar-refractivity contribution in [3.8, 4) is 28.7 Å². The standard InChI is InChI=1S/C39H21F6NO3/c40-35(41)37(44)48-28-15-11-26(12-16-28)39(27-13-17-29(18-14-27)49-38(45)36(42)43)32-4-2-1-3-30(32)31-19-10-25(21-33(31)39)34(47)20-9-23-5-7-24(22-46)8-6-23/h1-21H. The van der Waals surface area contributed by atoms with Gasteiger partial charge < -0.3 is 9.47 Å².